The summed E-state index contributed by atoms with van der Waals surface area (Å²) in [5, 5.41) is 4.14. The SMILES string of the molecule is Clc1cc(Br)ccc1CNCCn1ccnc1. The van der Waals surface area contributed by atoms with Gasteiger partial charge in [-0.2, -0.15) is 0 Å². The summed E-state index contributed by atoms with van der Waals surface area (Å²) in [6, 6.07) is 5.93. The highest BCUT2D eigenvalue weighted by Crippen LogP contribution is 2.20. The van der Waals surface area contributed by atoms with Gasteiger partial charge in [0, 0.05) is 41.5 Å². The van der Waals surface area contributed by atoms with E-state index in [-0.39, 0.29) is 0 Å². The van der Waals surface area contributed by atoms with Gasteiger partial charge in [0.2, 0.25) is 0 Å². The Bertz CT molecular complexity index is 471. The molecule has 0 saturated carbocycles. The average Bonchev–Trinajstić information content (AvgIpc) is 2.79. The molecule has 0 aliphatic carbocycles. The number of aromatic nitrogens is 2. The highest BCUT2D eigenvalue weighted by molar-refractivity contribution is 9.10. The fourth-order valence-corrected chi connectivity index (χ4v) is 2.26. The van der Waals surface area contributed by atoms with Gasteiger partial charge in [0.1, 0.15) is 0 Å². The van der Waals surface area contributed by atoms with Crippen molar-refractivity contribution < 1.29 is 0 Å². The zero-order valence-corrected chi connectivity index (χ0v) is 11.6. The van der Waals surface area contributed by atoms with Crippen molar-refractivity contribution in [1.82, 2.24) is 14.9 Å². The van der Waals surface area contributed by atoms with Crippen LogP contribution in [0.15, 0.2) is 41.4 Å². The van der Waals surface area contributed by atoms with Crippen LogP contribution in [0.2, 0.25) is 5.02 Å². The topological polar surface area (TPSA) is 29.9 Å². The van der Waals surface area contributed by atoms with Crippen molar-refractivity contribution in [1.29, 1.82) is 0 Å². The van der Waals surface area contributed by atoms with Crippen molar-refractivity contribution in [2.75, 3.05) is 6.54 Å². The molecule has 17 heavy (non-hydrogen) atoms. The first-order chi connectivity index (χ1) is 8.25. The number of rotatable bonds is 5. The van der Waals surface area contributed by atoms with E-state index < -0.39 is 0 Å². The summed E-state index contributed by atoms with van der Waals surface area (Å²) < 4.78 is 3.04. The van der Waals surface area contributed by atoms with E-state index in [1.54, 1.807) is 6.20 Å². The molecule has 0 radical (unpaired) electrons. The van der Waals surface area contributed by atoms with Gasteiger partial charge in [0.15, 0.2) is 0 Å². The van der Waals surface area contributed by atoms with Gasteiger partial charge in [-0.05, 0) is 17.7 Å². The Morgan fingerprint density at radius 3 is 3.00 bits per heavy atom. The summed E-state index contributed by atoms with van der Waals surface area (Å²) in [6.45, 7) is 2.58. The molecular formula is C12H13BrClN3. The normalized spacial score (nSPS) is 10.7. The molecule has 0 aliphatic heterocycles. The number of hydrogen-bond acceptors (Lipinski definition) is 2. The van der Waals surface area contributed by atoms with Gasteiger partial charge in [0.05, 0.1) is 6.33 Å². The average molecular weight is 315 g/mol. The van der Waals surface area contributed by atoms with Gasteiger partial charge in [-0.1, -0.05) is 33.6 Å². The maximum atomic E-state index is 6.12. The minimum absolute atomic E-state index is 0.779. The molecule has 1 N–H and O–H groups in total. The summed E-state index contributed by atoms with van der Waals surface area (Å²) in [5.41, 5.74) is 1.11. The van der Waals surface area contributed by atoms with E-state index in [9.17, 15) is 0 Å². The Kier molecular flexibility index (Phi) is 4.59. The minimum atomic E-state index is 0.779. The predicted molar refractivity (Wildman–Crippen MR) is 73.1 cm³/mol. The molecule has 0 bridgehead atoms. The van der Waals surface area contributed by atoms with Gasteiger partial charge in [-0.25, -0.2) is 4.98 Å². The molecule has 2 aromatic rings. The van der Waals surface area contributed by atoms with E-state index >= 15 is 0 Å². The molecule has 0 atom stereocenters. The number of nitrogens with zero attached hydrogens (tertiary/aromatic N) is 2. The van der Waals surface area contributed by atoms with Crippen LogP contribution in [0.4, 0.5) is 0 Å². The zero-order chi connectivity index (χ0) is 12.1. The largest absolute Gasteiger partial charge is 0.336 e. The molecule has 1 heterocycles. The monoisotopic (exact) mass is 313 g/mol. The summed E-state index contributed by atoms with van der Waals surface area (Å²) in [7, 11) is 0. The van der Waals surface area contributed by atoms with Gasteiger partial charge in [0.25, 0.3) is 0 Å². The Balaban J connectivity index is 1.78. The van der Waals surface area contributed by atoms with E-state index in [0.29, 0.717) is 0 Å². The number of nitrogens with one attached hydrogen (secondary N) is 1. The lowest BCUT2D eigenvalue weighted by atomic mass is 10.2. The summed E-state index contributed by atoms with van der Waals surface area (Å²) >= 11 is 9.51. The van der Waals surface area contributed by atoms with E-state index in [1.165, 1.54) is 0 Å². The third kappa shape index (κ3) is 3.84. The summed E-state index contributed by atoms with van der Waals surface area (Å²) in [5.74, 6) is 0. The van der Waals surface area contributed by atoms with Crippen LogP contribution in [0.1, 0.15) is 5.56 Å². The van der Waals surface area contributed by atoms with Crippen molar-refractivity contribution in [3.8, 4) is 0 Å². The molecule has 3 nitrogen and oxygen atoms in total. The van der Waals surface area contributed by atoms with E-state index in [4.69, 9.17) is 11.6 Å². The first-order valence-corrected chi connectivity index (χ1v) is 6.53. The second-order valence-corrected chi connectivity index (χ2v) is 5.04. The lowest BCUT2D eigenvalue weighted by Gasteiger charge is -2.07. The Morgan fingerprint density at radius 1 is 1.41 bits per heavy atom. The quantitative estimate of drug-likeness (QED) is 0.860. The summed E-state index contributed by atoms with van der Waals surface area (Å²) in [6.07, 6.45) is 5.55. The van der Waals surface area contributed by atoms with Crippen LogP contribution in [0.25, 0.3) is 0 Å². The third-order valence-electron chi connectivity index (χ3n) is 2.44. The molecule has 0 saturated heterocycles. The van der Waals surface area contributed by atoms with Crippen LogP contribution in [-0.4, -0.2) is 16.1 Å². The highest BCUT2D eigenvalue weighted by Gasteiger charge is 2.00. The van der Waals surface area contributed by atoms with Crippen LogP contribution < -0.4 is 5.32 Å². The second-order valence-electron chi connectivity index (χ2n) is 3.71. The van der Waals surface area contributed by atoms with Crippen molar-refractivity contribution in [2.24, 2.45) is 0 Å². The first-order valence-electron chi connectivity index (χ1n) is 5.36. The molecule has 0 spiro atoms. The van der Waals surface area contributed by atoms with Crippen LogP contribution in [0, 0.1) is 0 Å². The van der Waals surface area contributed by atoms with Crippen LogP contribution in [-0.2, 0) is 13.1 Å². The number of halogens is 2. The molecule has 2 rings (SSSR count). The van der Waals surface area contributed by atoms with Gasteiger partial charge in [-0.15, -0.1) is 0 Å². The summed E-state index contributed by atoms with van der Waals surface area (Å²) in [4.78, 5) is 3.99. The molecule has 0 amide bonds. The maximum absolute atomic E-state index is 6.12. The number of hydrogen-bond donors (Lipinski definition) is 1. The highest BCUT2D eigenvalue weighted by atomic mass is 79.9. The molecule has 5 heteroatoms. The van der Waals surface area contributed by atoms with Gasteiger partial charge >= 0.3 is 0 Å². The second kappa shape index (κ2) is 6.19. The molecule has 0 aliphatic rings. The fraction of sp³-hybridized carbons (Fsp3) is 0.250. The van der Waals surface area contributed by atoms with E-state index in [2.05, 4.69) is 26.2 Å². The van der Waals surface area contributed by atoms with Crippen LogP contribution >= 0.6 is 27.5 Å². The third-order valence-corrected chi connectivity index (χ3v) is 3.28. The van der Waals surface area contributed by atoms with Crippen LogP contribution in [0.3, 0.4) is 0 Å². The van der Waals surface area contributed by atoms with Crippen molar-refractivity contribution in [3.63, 3.8) is 0 Å². The smallest absolute Gasteiger partial charge is 0.0946 e. The van der Waals surface area contributed by atoms with Gasteiger partial charge < -0.3 is 9.88 Å². The predicted octanol–water partition coefficient (Wildman–Crippen LogP) is 3.09. The molecule has 1 aromatic heterocycles. The molecule has 1 aromatic carbocycles. The van der Waals surface area contributed by atoms with Crippen LogP contribution in [0.5, 0.6) is 0 Å². The Labute approximate surface area is 114 Å². The molecule has 0 fully saturated rings. The maximum Gasteiger partial charge on any atom is 0.0946 e. The van der Waals surface area contributed by atoms with Crippen molar-refractivity contribution in [2.45, 2.75) is 13.1 Å². The fourth-order valence-electron chi connectivity index (χ4n) is 1.52. The molecule has 90 valence electrons. The van der Waals surface area contributed by atoms with Gasteiger partial charge in [-0.3, -0.25) is 0 Å². The van der Waals surface area contributed by atoms with E-state index in [0.717, 1.165) is 34.7 Å². The molecular weight excluding hydrogens is 302 g/mol. The number of benzene rings is 1. The Hall–Kier alpha value is -0.840. The van der Waals surface area contributed by atoms with Crippen molar-refractivity contribution >= 4 is 27.5 Å². The zero-order valence-electron chi connectivity index (χ0n) is 9.24. The Morgan fingerprint density at radius 2 is 2.29 bits per heavy atom. The minimum Gasteiger partial charge on any atom is -0.336 e. The lowest BCUT2D eigenvalue weighted by molar-refractivity contribution is 0.597. The number of imidazole rings is 1. The van der Waals surface area contributed by atoms with E-state index in [1.807, 2.05) is 35.3 Å². The van der Waals surface area contributed by atoms with Crippen molar-refractivity contribution in [3.05, 3.63) is 52.0 Å². The standard InChI is InChI=1S/C12H13BrClN3/c13-11-2-1-10(12(14)7-11)8-15-3-5-17-6-4-16-9-17/h1-2,4,6-7,9,15H,3,5,8H2. The lowest BCUT2D eigenvalue weighted by Crippen LogP contribution is -2.19. The molecule has 0 unspecified atom stereocenters. The first kappa shape index (κ1) is 12.6.